The van der Waals surface area contributed by atoms with E-state index in [-0.39, 0.29) is 0 Å². The molecule has 4 rings (SSSR count). The standard InChI is InChI=1S/C20H29N5/c1-2-5-18(6-3-1)15-25-14-10-22-20(25)17-23-11-4-7-19(16-23)24-12-8-21-9-13-24/h1-3,5-6,10,14,19,21H,4,7-9,11-13,15-17H2. The molecule has 2 aliphatic heterocycles. The predicted octanol–water partition coefficient (Wildman–Crippen LogP) is 1.80. The molecule has 1 N–H and O–H groups in total. The molecule has 0 radical (unpaired) electrons. The topological polar surface area (TPSA) is 36.3 Å². The van der Waals surface area contributed by atoms with Crippen LogP contribution in [0.15, 0.2) is 42.7 Å². The largest absolute Gasteiger partial charge is 0.329 e. The van der Waals surface area contributed by atoms with Crippen LogP contribution in [0.2, 0.25) is 0 Å². The molecule has 1 aromatic carbocycles. The first kappa shape index (κ1) is 16.8. The number of rotatable bonds is 5. The van der Waals surface area contributed by atoms with Gasteiger partial charge >= 0.3 is 0 Å². The van der Waals surface area contributed by atoms with Gasteiger partial charge in [0.25, 0.3) is 0 Å². The summed E-state index contributed by atoms with van der Waals surface area (Å²) in [5.74, 6) is 1.19. The Labute approximate surface area is 150 Å². The van der Waals surface area contributed by atoms with Crippen LogP contribution in [0.3, 0.4) is 0 Å². The summed E-state index contributed by atoms with van der Waals surface area (Å²) >= 11 is 0. The zero-order chi connectivity index (χ0) is 16.9. The van der Waals surface area contributed by atoms with Crippen LogP contribution in [0.4, 0.5) is 0 Å². The molecule has 134 valence electrons. The highest BCUT2D eigenvalue weighted by atomic mass is 15.3. The Morgan fingerprint density at radius 2 is 1.88 bits per heavy atom. The molecule has 2 saturated heterocycles. The Morgan fingerprint density at radius 3 is 2.72 bits per heavy atom. The lowest BCUT2D eigenvalue weighted by Gasteiger charge is -2.41. The van der Waals surface area contributed by atoms with Gasteiger partial charge in [-0.3, -0.25) is 9.80 Å². The van der Waals surface area contributed by atoms with Crippen molar-refractivity contribution in [3.05, 3.63) is 54.1 Å². The lowest BCUT2D eigenvalue weighted by Crippen LogP contribution is -2.53. The maximum Gasteiger partial charge on any atom is 0.123 e. The van der Waals surface area contributed by atoms with Crippen molar-refractivity contribution in [3.8, 4) is 0 Å². The summed E-state index contributed by atoms with van der Waals surface area (Å²) < 4.78 is 2.30. The number of imidazole rings is 1. The van der Waals surface area contributed by atoms with Crippen LogP contribution in [0.1, 0.15) is 24.2 Å². The van der Waals surface area contributed by atoms with E-state index in [9.17, 15) is 0 Å². The number of benzene rings is 1. The summed E-state index contributed by atoms with van der Waals surface area (Å²) in [6, 6.07) is 11.4. The van der Waals surface area contributed by atoms with Crippen LogP contribution in [0.25, 0.3) is 0 Å². The van der Waals surface area contributed by atoms with E-state index in [1.807, 2.05) is 6.20 Å². The highest BCUT2D eigenvalue weighted by Crippen LogP contribution is 2.18. The first-order valence-corrected chi connectivity index (χ1v) is 9.59. The molecule has 0 bridgehead atoms. The number of piperazine rings is 1. The number of piperidine rings is 1. The van der Waals surface area contributed by atoms with E-state index in [2.05, 4.69) is 61.2 Å². The summed E-state index contributed by atoms with van der Waals surface area (Å²) in [4.78, 5) is 9.92. The van der Waals surface area contributed by atoms with E-state index in [4.69, 9.17) is 0 Å². The van der Waals surface area contributed by atoms with Crippen LogP contribution in [-0.2, 0) is 13.1 Å². The monoisotopic (exact) mass is 339 g/mol. The van der Waals surface area contributed by atoms with Crippen molar-refractivity contribution in [2.45, 2.75) is 32.0 Å². The van der Waals surface area contributed by atoms with Gasteiger partial charge in [0.05, 0.1) is 6.54 Å². The molecule has 0 saturated carbocycles. The lowest BCUT2D eigenvalue weighted by molar-refractivity contribution is 0.0822. The quantitative estimate of drug-likeness (QED) is 0.901. The van der Waals surface area contributed by atoms with Gasteiger partial charge in [0.1, 0.15) is 5.82 Å². The average molecular weight is 339 g/mol. The van der Waals surface area contributed by atoms with Crippen molar-refractivity contribution in [3.63, 3.8) is 0 Å². The van der Waals surface area contributed by atoms with Crippen LogP contribution in [-0.4, -0.2) is 64.7 Å². The third-order valence-electron chi connectivity index (χ3n) is 5.51. The van der Waals surface area contributed by atoms with E-state index in [0.717, 1.165) is 26.2 Å². The summed E-state index contributed by atoms with van der Waals surface area (Å²) in [6.07, 6.45) is 6.69. The molecular formula is C20H29N5. The first-order chi connectivity index (χ1) is 12.4. The Morgan fingerprint density at radius 1 is 1.04 bits per heavy atom. The zero-order valence-electron chi connectivity index (χ0n) is 15.0. The molecule has 0 spiro atoms. The number of nitrogens with one attached hydrogen (secondary N) is 1. The predicted molar refractivity (Wildman–Crippen MR) is 101 cm³/mol. The highest BCUT2D eigenvalue weighted by Gasteiger charge is 2.26. The second-order valence-electron chi connectivity index (χ2n) is 7.27. The maximum atomic E-state index is 4.64. The summed E-state index contributed by atoms with van der Waals surface area (Å²) in [6.45, 7) is 8.91. The van der Waals surface area contributed by atoms with Gasteiger partial charge < -0.3 is 9.88 Å². The SMILES string of the molecule is c1ccc(Cn2ccnc2CN2CCCC(N3CCNCC3)C2)cc1. The fourth-order valence-electron chi connectivity index (χ4n) is 4.14. The summed E-state index contributed by atoms with van der Waals surface area (Å²) in [5.41, 5.74) is 1.33. The number of hydrogen-bond donors (Lipinski definition) is 1. The molecule has 0 aliphatic carbocycles. The maximum absolute atomic E-state index is 4.64. The minimum atomic E-state index is 0.716. The molecule has 2 aliphatic rings. The van der Waals surface area contributed by atoms with Crippen LogP contribution >= 0.6 is 0 Å². The molecule has 2 aromatic rings. The van der Waals surface area contributed by atoms with Crippen molar-refractivity contribution < 1.29 is 0 Å². The van der Waals surface area contributed by atoms with E-state index in [1.54, 1.807) is 0 Å². The van der Waals surface area contributed by atoms with Gasteiger partial charge in [-0.2, -0.15) is 0 Å². The second-order valence-corrected chi connectivity index (χ2v) is 7.27. The van der Waals surface area contributed by atoms with Gasteiger partial charge in [-0.1, -0.05) is 30.3 Å². The van der Waals surface area contributed by atoms with Gasteiger partial charge in [0, 0.05) is 57.7 Å². The molecule has 1 unspecified atom stereocenters. The molecule has 1 aromatic heterocycles. The lowest BCUT2D eigenvalue weighted by atomic mass is 10.0. The Kier molecular flexibility index (Phi) is 5.45. The van der Waals surface area contributed by atoms with Gasteiger partial charge in [0.15, 0.2) is 0 Å². The summed E-state index contributed by atoms with van der Waals surface area (Å²) in [7, 11) is 0. The normalized spacial score (nSPS) is 23.0. The number of likely N-dealkylation sites (tertiary alicyclic amines) is 1. The fourth-order valence-corrected chi connectivity index (χ4v) is 4.14. The molecule has 25 heavy (non-hydrogen) atoms. The Bertz CT molecular complexity index is 647. The second kappa shape index (κ2) is 8.13. The molecule has 1 atom stereocenters. The first-order valence-electron chi connectivity index (χ1n) is 9.59. The van der Waals surface area contributed by atoms with Gasteiger partial charge in [-0.15, -0.1) is 0 Å². The van der Waals surface area contributed by atoms with Gasteiger partial charge in [0.2, 0.25) is 0 Å². The average Bonchev–Trinajstić information content (AvgIpc) is 3.10. The van der Waals surface area contributed by atoms with Crippen molar-refractivity contribution in [1.82, 2.24) is 24.7 Å². The fraction of sp³-hybridized carbons (Fsp3) is 0.550. The van der Waals surface area contributed by atoms with E-state index in [0.29, 0.717) is 6.04 Å². The van der Waals surface area contributed by atoms with Gasteiger partial charge in [-0.25, -0.2) is 4.98 Å². The Balaban J connectivity index is 1.38. The Hall–Kier alpha value is -1.69. The molecule has 3 heterocycles. The van der Waals surface area contributed by atoms with E-state index >= 15 is 0 Å². The third kappa shape index (κ3) is 4.29. The smallest absolute Gasteiger partial charge is 0.123 e. The van der Waals surface area contributed by atoms with Crippen molar-refractivity contribution in [1.29, 1.82) is 0 Å². The van der Waals surface area contributed by atoms with Crippen molar-refractivity contribution in [2.75, 3.05) is 39.3 Å². The molecular weight excluding hydrogens is 310 g/mol. The number of aromatic nitrogens is 2. The van der Waals surface area contributed by atoms with E-state index in [1.165, 1.54) is 50.4 Å². The van der Waals surface area contributed by atoms with Crippen molar-refractivity contribution in [2.24, 2.45) is 0 Å². The summed E-state index contributed by atoms with van der Waals surface area (Å²) in [5, 5.41) is 3.46. The molecule has 5 heteroatoms. The molecule has 0 amide bonds. The molecule has 2 fully saturated rings. The highest BCUT2D eigenvalue weighted by molar-refractivity contribution is 5.15. The molecule has 5 nitrogen and oxygen atoms in total. The minimum absolute atomic E-state index is 0.716. The third-order valence-corrected chi connectivity index (χ3v) is 5.51. The van der Waals surface area contributed by atoms with Crippen LogP contribution in [0, 0.1) is 0 Å². The minimum Gasteiger partial charge on any atom is -0.329 e. The number of nitrogens with zero attached hydrogens (tertiary/aromatic N) is 4. The van der Waals surface area contributed by atoms with Gasteiger partial charge in [-0.05, 0) is 24.9 Å². The van der Waals surface area contributed by atoms with E-state index < -0.39 is 0 Å². The number of hydrogen-bond acceptors (Lipinski definition) is 4. The van der Waals surface area contributed by atoms with Crippen molar-refractivity contribution >= 4 is 0 Å². The van der Waals surface area contributed by atoms with Crippen LogP contribution < -0.4 is 5.32 Å². The van der Waals surface area contributed by atoms with Crippen LogP contribution in [0.5, 0.6) is 0 Å². The zero-order valence-corrected chi connectivity index (χ0v) is 15.0.